The molecule has 6 heteroatoms. The summed E-state index contributed by atoms with van der Waals surface area (Å²) >= 11 is 7.96. The van der Waals surface area contributed by atoms with Crippen molar-refractivity contribution >= 4 is 46.0 Å². The maximum absolute atomic E-state index is 12.3. The molecule has 2 aromatic rings. The highest BCUT2D eigenvalue weighted by Crippen LogP contribution is 2.18. The molecule has 0 saturated heterocycles. The molecule has 0 aliphatic heterocycles. The summed E-state index contributed by atoms with van der Waals surface area (Å²) in [5.41, 5.74) is 6.74. The summed E-state index contributed by atoms with van der Waals surface area (Å²) in [5.74, 6) is -0.944. The van der Waals surface area contributed by atoms with Gasteiger partial charge in [0.05, 0.1) is 5.56 Å². The zero-order valence-electron chi connectivity index (χ0n) is 11.6. The molecular formula is C16H14ClIN2O2. The summed E-state index contributed by atoms with van der Waals surface area (Å²) in [5, 5.41) is 3.13. The number of hydrogen-bond acceptors (Lipinski definition) is 2. The molecule has 22 heavy (non-hydrogen) atoms. The average Bonchev–Trinajstić information content (AvgIpc) is 2.50. The highest BCUT2D eigenvalue weighted by molar-refractivity contribution is 14.1. The Hall–Kier alpha value is -1.60. The van der Waals surface area contributed by atoms with E-state index >= 15 is 0 Å². The van der Waals surface area contributed by atoms with Gasteiger partial charge in [0, 0.05) is 15.0 Å². The molecule has 0 saturated carbocycles. The van der Waals surface area contributed by atoms with Gasteiger partial charge in [0.2, 0.25) is 5.91 Å². The topological polar surface area (TPSA) is 72.2 Å². The van der Waals surface area contributed by atoms with Crippen molar-refractivity contribution < 1.29 is 9.59 Å². The lowest BCUT2D eigenvalue weighted by molar-refractivity contribution is -0.119. The fourth-order valence-electron chi connectivity index (χ4n) is 1.98. The number of halogens is 2. The third kappa shape index (κ3) is 4.45. The Morgan fingerprint density at radius 2 is 1.86 bits per heavy atom. The van der Waals surface area contributed by atoms with E-state index in [2.05, 4.69) is 5.32 Å². The Morgan fingerprint density at radius 1 is 1.18 bits per heavy atom. The first-order valence-corrected chi connectivity index (χ1v) is 8.02. The van der Waals surface area contributed by atoms with Crippen LogP contribution < -0.4 is 11.1 Å². The third-order valence-corrected chi connectivity index (χ3v) is 4.28. The van der Waals surface area contributed by atoms with Crippen LogP contribution in [0.25, 0.3) is 0 Å². The van der Waals surface area contributed by atoms with E-state index in [1.165, 1.54) is 0 Å². The number of primary amides is 1. The van der Waals surface area contributed by atoms with E-state index in [0.29, 0.717) is 17.0 Å². The molecule has 0 fully saturated rings. The molecule has 114 valence electrons. The fraction of sp³-hybridized carbons (Fsp3) is 0.125. The van der Waals surface area contributed by atoms with Crippen LogP contribution >= 0.6 is 34.2 Å². The van der Waals surface area contributed by atoms with Crippen LogP contribution in [0.1, 0.15) is 15.9 Å². The number of nitrogens with one attached hydrogen (secondary N) is 1. The van der Waals surface area contributed by atoms with Gasteiger partial charge in [-0.05, 0) is 46.4 Å². The van der Waals surface area contributed by atoms with Crippen LogP contribution in [0.4, 0.5) is 0 Å². The van der Waals surface area contributed by atoms with E-state index in [9.17, 15) is 9.59 Å². The largest absolute Gasteiger partial charge is 0.368 e. The van der Waals surface area contributed by atoms with Crippen LogP contribution in [-0.2, 0) is 11.2 Å². The highest BCUT2D eigenvalue weighted by atomic mass is 127. The SMILES string of the molecule is NC(=O)C(Cc1ccccc1)NC(=O)c1cc(Cl)ccc1I. The number of hydrogen-bond donors (Lipinski definition) is 2. The van der Waals surface area contributed by atoms with Crippen LogP contribution in [0.2, 0.25) is 5.02 Å². The maximum atomic E-state index is 12.3. The average molecular weight is 429 g/mol. The number of benzene rings is 2. The molecule has 0 heterocycles. The number of nitrogens with two attached hydrogens (primary N) is 1. The number of carbonyl (C=O) groups is 2. The van der Waals surface area contributed by atoms with E-state index in [1.54, 1.807) is 18.2 Å². The summed E-state index contributed by atoms with van der Waals surface area (Å²) in [6.07, 6.45) is 0.346. The van der Waals surface area contributed by atoms with Gasteiger partial charge in [-0.3, -0.25) is 9.59 Å². The van der Waals surface area contributed by atoms with Gasteiger partial charge in [0.1, 0.15) is 6.04 Å². The van der Waals surface area contributed by atoms with Gasteiger partial charge in [0.25, 0.3) is 5.91 Å². The number of rotatable bonds is 5. The molecule has 3 N–H and O–H groups in total. The molecule has 0 aliphatic carbocycles. The monoisotopic (exact) mass is 428 g/mol. The summed E-state index contributed by atoms with van der Waals surface area (Å²) in [6.45, 7) is 0. The van der Waals surface area contributed by atoms with Crippen molar-refractivity contribution in [1.29, 1.82) is 0 Å². The molecule has 0 bridgehead atoms. The Bertz CT molecular complexity index is 692. The van der Waals surface area contributed by atoms with Crippen LogP contribution in [0, 0.1) is 3.57 Å². The lowest BCUT2D eigenvalue weighted by Crippen LogP contribution is -2.46. The van der Waals surface area contributed by atoms with Crippen molar-refractivity contribution in [2.24, 2.45) is 5.73 Å². The van der Waals surface area contributed by atoms with Gasteiger partial charge in [-0.15, -0.1) is 0 Å². The first-order chi connectivity index (χ1) is 10.5. The van der Waals surface area contributed by atoms with Gasteiger partial charge >= 0.3 is 0 Å². The molecular weight excluding hydrogens is 415 g/mol. The predicted octanol–water partition coefficient (Wildman–Crippen LogP) is 2.77. The van der Waals surface area contributed by atoms with E-state index in [-0.39, 0.29) is 5.91 Å². The first-order valence-electron chi connectivity index (χ1n) is 6.56. The Balaban J connectivity index is 2.15. The first kappa shape index (κ1) is 16.8. The minimum Gasteiger partial charge on any atom is -0.368 e. The summed E-state index contributed by atoms with van der Waals surface area (Å²) < 4.78 is 0.752. The van der Waals surface area contributed by atoms with Crippen molar-refractivity contribution in [2.75, 3.05) is 0 Å². The standard InChI is InChI=1S/C16H14ClIN2O2/c17-11-6-7-13(18)12(9-11)16(22)20-14(15(19)21)8-10-4-2-1-3-5-10/h1-7,9,14H,8H2,(H2,19,21)(H,20,22). The van der Waals surface area contributed by atoms with Crippen LogP contribution in [0.15, 0.2) is 48.5 Å². The number of amides is 2. The van der Waals surface area contributed by atoms with Crippen molar-refractivity contribution in [3.63, 3.8) is 0 Å². The second-order valence-electron chi connectivity index (χ2n) is 4.74. The molecule has 2 rings (SSSR count). The van der Waals surface area contributed by atoms with E-state index in [1.807, 2.05) is 52.9 Å². The van der Waals surface area contributed by atoms with E-state index in [4.69, 9.17) is 17.3 Å². The van der Waals surface area contributed by atoms with Gasteiger partial charge < -0.3 is 11.1 Å². The maximum Gasteiger partial charge on any atom is 0.253 e. The van der Waals surface area contributed by atoms with Crippen LogP contribution in [0.3, 0.4) is 0 Å². The van der Waals surface area contributed by atoms with E-state index in [0.717, 1.165) is 9.13 Å². The highest BCUT2D eigenvalue weighted by Gasteiger charge is 2.20. The lowest BCUT2D eigenvalue weighted by Gasteiger charge is -2.16. The fourth-order valence-corrected chi connectivity index (χ4v) is 2.73. The van der Waals surface area contributed by atoms with Crippen LogP contribution in [0.5, 0.6) is 0 Å². The summed E-state index contributed by atoms with van der Waals surface area (Å²) in [7, 11) is 0. The normalized spacial score (nSPS) is 11.7. The molecule has 0 aliphatic rings. The molecule has 1 atom stereocenters. The molecule has 0 spiro atoms. The molecule has 0 aromatic heterocycles. The second kappa shape index (κ2) is 7.60. The van der Waals surface area contributed by atoms with Crippen LogP contribution in [-0.4, -0.2) is 17.9 Å². The molecule has 2 amide bonds. The predicted molar refractivity (Wildman–Crippen MR) is 94.8 cm³/mol. The minimum atomic E-state index is -0.773. The third-order valence-electron chi connectivity index (χ3n) is 3.10. The lowest BCUT2D eigenvalue weighted by atomic mass is 10.0. The zero-order chi connectivity index (χ0) is 16.1. The Kier molecular flexibility index (Phi) is 5.79. The minimum absolute atomic E-state index is 0.346. The van der Waals surface area contributed by atoms with Gasteiger partial charge in [-0.1, -0.05) is 41.9 Å². The van der Waals surface area contributed by atoms with Gasteiger partial charge in [-0.2, -0.15) is 0 Å². The van der Waals surface area contributed by atoms with Crippen molar-refractivity contribution in [3.05, 3.63) is 68.3 Å². The van der Waals surface area contributed by atoms with Gasteiger partial charge in [-0.25, -0.2) is 0 Å². The van der Waals surface area contributed by atoms with Gasteiger partial charge in [0.15, 0.2) is 0 Å². The van der Waals surface area contributed by atoms with E-state index < -0.39 is 11.9 Å². The molecule has 1 unspecified atom stereocenters. The quantitative estimate of drug-likeness (QED) is 0.719. The Labute approximate surface area is 147 Å². The van der Waals surface area contributed by atoms with Crippen molar-refractivity contribution in [1.82, 2.24) is 5.32 Å². The van der Waals surface area contributed by atoms with Crippen molar-refractivity contribution in [2.45, 2.75) is 12.5 Å². The zero-order valence-corrected chi connectivity index (χ0v) is 14.5. The smallest absolute Gasteiger partial charge is 0.253 e. The Morgan fingerprint density at radius 3 is 2.50 bits per heavy atom. The summed E-state index contributed by atoms with van der Waals surface area (Å²) in [4.78, 5) is 23.9. The molecule has 2 aromatic carbocycles. The van der Waals surface area contributed by atoms with Crippen molar-refractivity contribution in [3.8, 4) is 0 Å². The number of carbonyl (C=O) groups excluding carboxylic acids is 2. The second-order valence-corrected chi connectivity index (χ2v) is 6.34. The molecule has 4 nitrogen and oxygen atoms in total. The summed E-state index contributed by atoms with van der Waals surface area (Å²) in [6, 6.07) is 13.6. The molecule has 0 radical (unpaired) electrons.